The first kappa shape index (κ1) is 17.8. The third-order valence-corrected chi connectivity index (χ3v) is 6.47. The zero-order valence-electron chi connectivity index (χ0n) is 13.7. The summed E-state index contributed by atoms with van der Waals surface area (Å²) in [6, 6.07) is 0.0502. The second-order valence-corrected chi connectivity index (χ2v) is 7.89. The van der Waals surface area contributed by atoms with Gasteiger partial charge in [-0.15, -0.1) is 0 Å². The molecule has 1 aromatic rings. The van der Waals surface area contributed by atoms with E-state index in [0.717, 1.165) is 17.0 Å². The first-order valence-corrected chi connectivity index (χ1v) is 9.05. The average molecular weight is 408 g/mol. The minimum Gasteiger partial charge on any atom is -0.352 e. The van der Waals surface area contributed by atoms with Crippen LogP contribution in [-0.2, 0) is 17.5 Å². The van der Waals surface area contributed by atoms with Crippen LogP contribution in [0.4, 0.5) is 13.2 Å². The Kier molecular flexibility index (Phi) is 4.70. The number of carbonyl (C=O) groups excluding carboxylic acids is 1. The number of halogens is 4. The molecule has 1 heterocycles. The zero-order valence-corrected chi connectivity index (χ0v) is 15.2. The lowest BCUT2D eigenvalue weighted by Crippen LogP contribution is -2.41. The highest BCUT2D eigenvalue weighted by atomic mass is 79.9. The van der Waals surface area contributed by atoms with Gasteiger partial charge in [0.2, 0.25) is 5.91 Å². The molecule has 24 heavy (non-hydrogen) atoms. The normalized spacial score (nSPS) is 27.5. The van der Waals surface area contributed by atoms with E-state index in [0.29, 0.717) is 17.5 Å². The van der Waals surface area contributed by atoms with E-state index in [-0.39, 0.29) is 23.0 Å². The van der Waals surface area contributed by atoms with Gasteiger partial charge in [0.25, 0.3) is 0 Å². The van der Waals surface area contributed by atoms with E-state index >= 15 is 0 Å². The Balaban J connectivity index is 1.63. The lowest BCUT2D eigenvalue weighted by Gasteiger charge is -2.28. The van der Waals surface area contributed by atoms with E-state index in [1.807, 2.05) is 6.92 Å². The van der Waals surface area contributed by atoms with Crippen LogP contribution < -0.4 is 5.32 Å². The summed E-state index contributed by atoms with van der Waals surface area (Å²) in [5.74, 6) is 1.67. The summed E-state index contributed by atoms with van der Waals surface area (Å²) in [5.41, 5.74) is -0.695. The maximum Gasteiger partial charge on any atom is 0.436 e. The Bertz CT molecular complexity index is 643. The van der Waals surface area contributed by atoms with Crippen molar-refractivity contribution in [3.05, 3.63) is 15.9 Å². The Morgan fingerprint density at radius 1 is 1.42 bits per heavy atom. The smallest absolute Gasteiger partial charge is 0.352 e. The maximum absolute atomic E-state index is 12.9. The number of hydrogen-bond donors (Lipinski definition) is 1. The number of alkyl halides is 3. The topological polar surface area (TPSA) is 46.9 Å². The summed E-state index contributed by atoms with van der Waals surface area (Å²) >= 11 is 2.92. The van der Waals surface area contributed by atoms with Crippen molar-refractivity contribution in [1.29, 1.82) is 0 Å². The SMILES string of the molecule is Cc1c(Br)c(C(F)(F)F)nn1CC(=O)N[C@H](C)[C@H]1C[C@H]2CC[C@H]1C2. The van der Waals surface area contributed by atoms with Crippen molar-refractivity contribution in [2.75, 3.05) is 0 Å². The number of nitrogens with one attached hydrogen (secondary N) is 1. The van der Waals surface area contributed by atoms with Crippen molar-refractivity contribution in [3.63, 3.8) is 0 Å². The zero-order chi connectivity index (χ0) is 17.6. The molecule has 2 saturated carbocycles. The molecule has 4 atom stereocenters. The largest absolute Gasteiger partial charge is 0.436 e. The van der Waals surface area contributed by atoms with Crippen molar-refractivity contribution < 1.29 is 18.0 Å². The first-order valence-electron chi connectivity index (χ1n) is 8.26. The Morgan fingerprint density at radius 2 is 2.12 bits per heavy atom. The molecular formula is C16H21BrF3N3O. The van der Waals surface area contributed by atoms with Gasteiger partial charge in [0.15, 0.2) is 5.69 Å². The molecule has 2 fully saturated rings. The molecule has 1 N–H and O–H groups in total. The fourth-order valence-corrected chi connectivity index (χ4v) is 4.82. The van der Waals surface area contributed by atoms with Crippen molar-refractivity contribution in [3.8, 4) is 0 Å². The molecule has 0 saturated heterocycles. The molecule has 8 heteroatoms. The Labute approximate surface area is 147 Å². The van der Waals surface area contributed by atoms with Crippen LogP contribution in [0.15, 0.2) is 4.47 Å². The summed E-state index contributed by atoms with van der Waals surface area (Å²) in [4.78, 5) is 12.2. The molecule has 0 radical (unpaired) electrons. The fourth-order valence-electron chi connectivity index (χ4n) is 4.31. The summed E-state index contributed by atoms with van der Waals surface area (Å²) < 4.78 is 39.6. The number of aromatic nitrogens is 2. The van der Waals surface area contributed by atoms with Crippen LogP contribution in [0.25, 0.3) is 0 Å². The van der Waals surface area contributed by atoms with E-state index in [9.17, 15) is 18.0 Å². The van der Waals surface area contributed by atoms with Gasteiger partial charge in [-0.1, -0.05) is 6.42 Å². The number of rotatable bonds is 4. The molecule has 134 valence electrons. The molecule has 2 aliphatic rings. The lowest BCUT2D eigenvalue weighted by molar-refractivity contribution is -0.142. The molecule has 2 bridgehead atoms. The molecule has 2 aliphatic carbocycles. The van der Waals surface area contributed by atoms with Gasteiger partial charge < -0.3 is 5.32 Å². The van der Waals surface area contributed by atoms with E-state index in [4.69, 9.17) is 0 Å². The van der Waals surface area contributed by atoms with Crippen LogP contribution in [0.3, 0.4) is 0 Å². The highest BCUT2D eigenvalue weighted by Gasteiger charge is 2.42. The van der Waals surface area contributed by atoms with Crippen LogP contribution >= 0.6 is 15.9 Å². The quantitative estimate of drug-likeness (QED) is 0.821. The molecule has 1 aromatic heterocycles. The van der Waals surface area contributed by atoms with Crippen molar-refractivity contribution in [1.82, 2.24) is 15.1 Å². The van der Waals surface area contributed by atoms with E-state index in [1.165, 1.54) is 26.2 Å². The maximum atomic E-state index is 12.9. The minimum absolute atomic E-state index is 0.0502. The monoisotopic (exact) mass is 407 g/mol. The van der Waals surface area contributed by atoms with Crippen LogP contribution in [0, 0.1) is 24.7 Å². The van der Waals surface area contributed by atoms with Crippen molar-refractivity contribution in [2.24, 2.45) is 17.8 Å². The molecule has 1 amide bonds. The Morgan fingerprint density at radius 3 is 2.62 bits per heavy atom. The van der Waals surface area contributed by atoms with Crippen LogP contribution in [0.2, 0.25) is 0 Å². The van der Waals surface area contributed by atoms with Crippen molar-refractivity contribution in [2.45, 2.75) is 58.3 Å². The second kappa shape index (κ2) is 6.35. The predicted octanol–water partition coefficient (Wildman–Crippen LogP) is 3.91. The van der Waals surface area contributed by atoms with Crippen LogP contribution in [0.1, 0.15) is 44.0 Å². The third-order valence-electron chi connectivity index (χ3n) is 5.52. The number of nitrogens with zero attached hydrogens (tertiary/aromatic N) is 2. The molecule has 0 spiro atoms. The predicted molar refractivity (Wildman–Crippen MR) is 86.2 cm³/mol. The van der Waals surface area contributed by atoms with Gasteiger partial charge in [0.1, 0.15) is 6.54 Å². The van der Waals surface area contributed by atoms with E-state index < -0.39 is 11.9 Å². The highest BCUT2D eigenvalue weighted by Crippen LogP contribution is 2.49. The molecule has 0 unspecified atom stereocenters. The standard InChI is InChI=1S/C16H21BrF3N3O/c1-8(12-6-10-3-4-11(12)5-10)21-13(24)7-23-9(2)14(17)15(22-23)16(18,19)20/h8,10-12H,3-7H2,1-2H3,(H,21,24)/t8-,10+,11+,12-/m1/s1. The van der Waals surface area contributed by atoms with Gasteiger partial charge in [-0.25, -0.2) is 0 Å². The third kappa shape index (κ3) is 3.34. The highest BCUT2D eigenvalue weighted by molar-refractivity contribution is 9.10. The molecule has 4 nitrogen and oxygen atoms in total. The number of hydrogen-bond acceptors (Lipinski definition) is 2. The summed E-state index contributed by atoms with van der Waals surface area (Å²) in [7, 11) is 0. The van der Waals surface area contributed by atoms with E-state index in [2.05, 4.69) is 26.3 Å². The van der Waals surface area contributed by atoms with Crippen molar-refractivity contribution >= 4 is 21.8 Å². The molecule has 0 aromatic carbocycles. The Hall–Kier alpha value is -1.05. The fraction of sp³-hybridized carbons (Fsp3) is 0.750. The lowest BCUT2D eigenvalue weighted by atomic mass is 9.84. The van der Waals surface area contributed by atoms with E-state index in [1.54, 1.807) is 0 Å². The number of amides is 1. The molecular weight excluding hydrogens is 387 g/mol. The van der Waals surface area contributed by atoms with Crippen LogP contribution in [0.5, 0.6) is 0 Å². The second-order valence-electron chi connectivity index (χ2n) is 7.10. The summed E-state index contributed by atoms with van der Waals surface area (Å²) in [5, 5.41) is 6.50. The van der Waals surface area contributed by atoms with Gasteiger partial charge in [0, 0.05) is 6.04 Å². The van der Waals surface area contributed by atoms with Gasteiger partial charge in [-0.05, 0) is 66.8 Å². The average Bonchev–Trinajstić information content (AvgIpc) is 3.17. The number of fused-ring (bicyclic) bond motifs is 2. The first-order chi connectivity index (χ1) is 11.2. The van der Waals surface area contributed by atoms with Gasteiger partial charge in [-0.2, -0.15) is 18.3 Å². The summed E-state index contributed by atoms with van der Waals surface area (Å²) in [6.07, 6.45) is 0.391. The van der Waals surface area contributed by atoms with Gasteiger partial charge in [0.05, 0.1) is 10.2 Å². The van der Waals surface area contributed by atoms with Gasteiger partial charge >= 0.3 is 6.18 Å². The van der Waals surface area contributed by atoms with Gasteiger partial charge in [-0.3, -0.25) is 9.48 Å². The van der Waals surface area contributed by atoms with Crippen LogP contribution in [-0.4, -0.2) is 21.7 Å². The molecule has 3 rings (SSSR count). The summed E-state index contributed by atoms with van der Waals surface area (Å²) in [6.45, 7) is 3.31. The molecule has 0 aliphatic heterocycles. The minimum atomic E-state index is -4.54. The number of carbonyl (C=O) groups is 1.